The van der Waals surface area contributed by atoms with Crippen molar-refractivity contribution >= 4 is 11.7 Å². The lowest BCUT2D eigenvalue weighted by molar-refractivity contribution is -0.0294. The van der Waals surface area contributed by atoms with Crippen LogP contribution in [0.3, 0.4) is 0 Å². The Hall–Kier alpha value is -1.79. The van der Waals surface area contributed by atoms with Gasteiger partial charge >= 0.3 is 6.03 Å². The number of urea groups is 1. The van der Waals surface area contributed by atoms with Crippen LogP contribution in [0, 0.1) is 6.92 Å². The second kappa shape index (κ2) is 8.74. The first-order chi connectivity index (χ1) is 11.1. The Kier molecular flexibility index (Phi) is 6.67. The lowest BCUT2D eigenvalue weighted by Crippen LogP contribution is -2.43. The normalized spacial score (nSPS) is 18.5. The highest BCUT2D eigenvalue weighted by atomic mass is 16.5. The van der Waals surface area contributed by atoms with Crippen molar-refractivity contribution in [1.82, 2.24) is 10.2 Å². The van der Waals surface area contributed by atoms with Crippen molar-refractivity contribution in [1.29, 1.82) is 0 Å². The third kappa shape index (κ3) is 5.41. The molecule has 6 nitrogen and oxygen atoms in total. The number of aryl methyl sites for hydroxylation is 1. The number of morpholine rings is 1. The summed E-state index contributed by atoms with van der Waals surface area (Å²) in [5, 5.41) is 5.75. The molecule has 6 heteroatoms. The van der Waals surface area contributed by atoms with Gasteiger partial charge in [0.15, 0.2) is 0 Å². The molecule has 0 spiro atoms. The van der Waals surface area contributed by atoms with E-state index in [0.29, 0.717) is 6.54 Å². The first-order valence-electron chi connectivity index (χ1n) is 8.15. The maximum atomic E-state index is 12.0. The number of rotatable bonds is 6. The molecule has 1 aliphatic rings. The minimum atomic E-state index is -0.193. The van der Waals surface area contributed by atoms with Crippen molar-refractivity contribution in [2.24, 2.45) is 0 Å². The van der Waals surface area contributed by atoms with Gasteiger partial charge in [-0.15, -0.1) is 0 Å². The predicted molar refractivity (Wildman–Crippen MR) is 91.2 cm³/mol. The molecule has 2 rings (SSSR count). The van der Waals surface area contributed by atoms with Gasteiger partial charge in [-0.25, -0.2) is 4.79 Å². The van der Waals surface area contributed by atoms with Crippen LogP contribution in [0.15, 0.2) is 18.2 Å². The van der Waals surface area contributed by atoms with Crippen LogP contribution in [-0.2, 0) is 4.74 Å². The summed E-state index contributed by atoms with van der Waals surface area (Å²) in [7, 11) is 1.63. The number of benzene rings is 1. The average Bonchev–Trinajstić information content (AvgIpc) is 2.57. The van der Waals surface area contributed by atoms with Gasteiger partial charge in [0.05, 0.1) is 19.8 Å². The molecule has 0 aliphatic carbocycles. The van der Waals surface area contributed by atoms with Gasteiger partial charge in [0.25, 0.3) is 0 Å². The van der Waals surface area contributed by atoms with Gasteiger partial charge in [0, 0.05) is 25.3 Å². The number of nitrogens with one attached hydrogen (secondary N) is 2. The molecule has 0 radical (unpaired) electrons. The monoisotopic (exact) mass is 321 g/mol. The minimum absolute atomic E-state index is 0.193. The van der Waals surface area contributed by atoms with Gasteiger partial charge in [-0.3, -0.25) is 4.90 Å². The van der Waals surface area contributed by atoms with Gasteiger partial charge in [-0.05, 0) is 43.7 Å². The molecule has 0 saturated carbocycles. The van der Waals surface area contributed by atoms with Crippen LogP contribution >= 0.6 is 0 Å². The zero-order valence-corrected chi connectivity index (χ0v) is 14.2. The molecule has 1 aromatic rings. The number of methoxy groups -OCH3 is 1. The second-order valence-corrected chi connectivity index (χ2v) is 5.74. The Morgan fingerprint density at radius 3 is 3.00 bits per heavy atom. The Balaban J connectivity index is 1.73. The number of carbonyl (C=O) groups excluding carboxylic acids is 1. The maximum Gasteiger partial charge on any atom is 0.319 e. The van der Waals surface area contributed by atoms with E-state index < -0.39 is 0 Å². The predicted octanol–water partition coefficient (Wildman–Crippen LogP) is 2.24. The number of carbonyl (C=O) groups is 1. The number of amides is 2. The van der Waals surface area contributed by atoms with E-state index in [2.05, 4.69) is 22.5 Å². The third-order valence-corrected chi connectivity index (χ3v) is 4.10. The van der Waals surface area contributed by atoms with Crippen LogP contribution in [0.2, 0.25) is 0 Å². The van der Waals surface area contributed by atoms with Crippen molar-refractivity contribution in [3.05, 3.63) is 23.8 Å². The van der Waals surface area contributed by atoms with E-state index in [1.54, 1.807) is 7.11 Å². The van der Waals surface area contributed by atoms with Gasteiger partial charge < -0.3 is 20.1 Å². The molecule has 0 bridgehead atoms. The number of hydrogen-bond donors (Lipinski definition) is 2. The first kappa shape index (κ1) is 17.6. The standard InChI is InChI=1S/C17H27N3O3/c1-4-20-9-10-23-15(12-20)7-8-18-17(21)19-16-6-5-14(22-3)11-13(16)2/h5-6,11,15H,4,7-10,12H2,1-3H3,(H2,18,19,21). The van der Waals surface area contributed by atoms with E-state index in [-0.39, 0.29) is 12.1 Å². The van der Waals surface area contributed by atoms with E-state index >= 15 is 0 Å². The van der Waals surface area contributed by atoms with Crippen molar-refractivity contribution in [3.8, 4) is 5.75 Å². The van der Waals surface area contributed by atoms with Gasteiger partial charge in [0.1, 0.15) is 5.75 Å². The smallest absolute Gasteiger partial charge is 0.319 e. The van der Waals surface area contributed by atoms with E-state index in [9.17, 15) is 4.79 Å². The van der Waals surface area contributed by atoms with Crippen molar-refractivity contribution in [2.45, 2.75) is 26.4 Å². The van der Waals surface area contributed by atoms with Crippen LogP contribution in [0.25, 0.3) is 0 Å². The van der Waals surface area contributed by atoms with Gasteiger partial charge in [-0.2, -0.15) is 0 Å². The Bertz CT molecular complexity index is 522. The number of ether oxygens (including phenoxy) is 2. The zero-order valence-electron chi connectivity index (χ0n) is 14.2. The molecule has 128 valence electrons. The second-order valence-electron chi connectivity index (χ2n) is 5.74. The molecule has 1 aliphatic heterocycles. The minimum Gasteiger partial charge on any atom is -0.497 e. The highest BCUT2D eigenvalue weighted by molar-refractivity contribution is 5.90. The Morgan fingerprint density at radius 1 is 1.48 bits per heavy atom. The lowest BCUT2D eigenvalue weighted by atomic mass is 10.2. The fraction of sp³-hybridized carbons (Fsp3) is 0.588. The molecule has 1 heterocycles. The largest absolute Gasteiger partial charge is 0.497 e. The van der Waals surface area contributed by atoms with Crippen LogP contribution in [0.1, 0.15) is 18.9 Å². The summed E-state index contributed by atoms with van der Waals surface area (Å²) in [6, 6.07) is 5.38. The van der Waals surface area contributed by atoms with Crippen LogP contribution < -0.4 is 15.4 Å². The summed E-state index contributed by atoms with van der Waals surface area (Å²) in [6.07, 6.45) is 1.03. The third-order valence-electron chi connectivity index (χ3n) is 4.10. The molecule has 1 aromatic carbocycles. The van der Waals surface area contributed by atoms with E-state index in [0.717, 1.165) is 49.7 Å². The number of likely N-dealkylation sites (N-methyl/N-ethyl adjacent to an activating group) is 1. The highest BCUT2D eigenvalue weighted by Gasteiger charge is 2.18. The molecule has 1 saturated heterocycles. The summed E-state index contributed by atoms with van der Waals surface area (Å²) < 4.78 is 10.9. The molecular formula is C17H27N3O3. The summed E-state index contributed by atoms with van der Waals surface area (Å²) in [5.74, 6) is 0.781. The van der Waals surface area contributed by atoms with Gasteiger partial charge in [0.2, 0.25) is 0 Å². The highest BCUT2D eigenvalue weighted by Crippen LogP contribution is 2.20. The summed E-state index contributed by atoms with van der Waals surface area (Å²) in [5.41, 5.74) is 1.75. The molecule has 0 aromatic heterocycles. The molecule has 2 N–H and O–H groups in total. The van der Waals surface area contributed by atoms with E-state index in [1.165, 1.54) is 0 Å². The fourth-order valence-electron chi connectivity index (χ4n) is 2.66. The van der Waals surface area contributed by atoms with Crippen molar-refractivity contribution < 1.29 is 14.3 Å². The van der Waals surface area contributed by atoms with Crippen LogP contribution in [0.5, 0.6) is 5.75 Å². The number of nitrogens with zero attached hydrogens (tertiary/aromatic N) is 1. The molecule has 1 fully saturated rings. The molecule has 1 atom stereocenters. The van der Waals surface area contributed by atoms with Crippen LogP contribution in [-0.4, -0.2) is 56.9 Å². The fourth-order valence-corrected chi connectivity index (χ4v) is 2.66. The molecule has 23 heavy (non-hydrogen) atoms. The SMILES string of the molecule is CCN1CCOC(CCNC(=O)Nc2ccc(OC)cc2C)C1. The Morgan fingerprint density at radius 2 is 2.30 bits per heavy atom. The van der Waals surface area contributed by atoms with Crippen molar-refractivity contribution in [2.75, 3.05) is 45.2 Å². The molecular weight excluding hydrogens is 294 g/mol. The maximum absolute atomic E-state index is 12.0. The van der Waals surface area contributed by atoms with Crippen molar-refractivity contribution in [3.63, 3.8) is 0 Å². The lowest BCUT2D eigenvalue weighted by Gasteiger charge is -2.32. The zero-order chi connectivity index (χ0) is 16.7. The summed E-state index contributed by atoms with van der Waals surface area (Å²) in [4.78, 5) is 14.3. The average molecular weight is 321 g/mol. The molecule has 2 amide bonds. The quantitative estimate of drug-likeness (QED) is 0.843. The van der Waals surface area contributed by atoms with Crippen LogP contribution in [0.4, 0.5) is 10.5 Å². The summed E-state index contributed by atoms with van der Waals surface area (Å²) >= 11 is 0. The van der Waals surface area contributed by atoms with E-state index in [1.807, 2.05) is 25.1 Å². The van der Waals surface area contributed by atoms with Gasteiger partial charge in [-0.1, -0.05) is 6.92 Å². The number of anilines is 1. The first-order valence-corrected chi connectivity index (χ1v) is 8.15. The number of hydrogen-bond acceptors (Lipinski definition) is 4. The molecule has 1 unspecified atom stereocenters. The summed E-state index contributed by atoms with van der Waals surface area (Å²) in [6.45, 7) is 8.46. The van der Waals surface area contributed by atoms with E-state index in [4.69, 9.17) is 9.47 Å². The Labute approximate surface area is 138 Å². The topological polar surface area (TPSA) is 62.8 Å².